The van der Waals surface area contributed by atoms with E-state index in [4.69, 9.17) is 11.6 Å². The van der Waals surface area contributed by atoms with Crippen LogP contribution in [0.1, 0.15) is 24.1 Å². The monoisotopic (exact) mass is 337 g/mol. The van der Waals surface area contributed by atoms with E-state index in [0.29, 0.717) is 11.4 Å². The van der Waals surface area contributed by atoms with Crippen LogP contribution in [0.4, 0.5) is 0 Å². The Bertz CT molecular complexity index is 857. The van der Waals surface area contributed by atoms with Crippen molar-refractivity contribution in [1.82, 2.24) is 4.90 Å². The molecule has 0 N–H and O–H groups in total. The summed E-state index contributed by atoms with van der Waals surface area (Å²) < 4.78 is 0. The van der Waals surface area contributed by atoms with Gasteiger partial charge in [-0.3, -0.25) is 4.79 Å². The van der Waals surface area contributed by atoms with Crippen molar-refractivity contribution in [2.75, 3.05) is 7.05 Å². The van der Waals surface area contributed by atoms with Crippen molar-refractivity contribution in [2.24, 2.45) is 0 Å². The van der Waals surface area contributed by atoms with Gasteiger partial charge in [-0.25, -0.2) is 0 Å². The van der Waals surface area contributed by atoms with Gasteiger partial charge in [0.05, 0.1) is 12.5 Å². The van der Waals surface area contributed by atoms with Crippen molar-refractivity contribution in [1.29, 1.82) is 0 Å². The van der Waals surface area contributed by atoms with Gasteiger partial charge in [-0.05, 0) is 41.0 Å². The number of rotatable bonds is 4. The molecule has 24 heavy (non-hydrogen) atoms. The van der Waals surface area contributed by atoms with Crippen LogP contribution in [0, 0.1) is 0 Å². The largest absolute Gasteiger partial charge is 0.339 e. The molecule has 0 aliphatic heterocycles. The third-order valence-corrected chi connectivity index (χ3v) is 4.75. The van der Waals surface area contributed by atoms with Gasteiger partial charge in [-0.1, -0.05) is 66.2 Å². The molecule has 3 aromatic rings. The van der Waals surface area contributed by atoms with E-state index in [1.807, 2.05) is 56.4 Å². The van der Waals surface area contributed by atoms with Gasteiger partial charge in [0, 0.05) is 12.1 Å². The minimum atomic E-state index is 0.00947. The molecular weight excluding hydrogens is 318 g/mol. The van der Waals surface area contributed by atoms with Crippen molar-refractivity contribution < 1.29 is 4.79 Å². The van der Waals surface area contributed by atoms with Gasteiger partial charge in [0.15, 0.2) is 0 Å². The van der Waals surface area contributed by atoms with E-state index >= 15 is 0 Å². The lowest BCUT2D eigenvalue weighted by atomic mass is 10.0. The molecule has 0 fully saturated rings. The third-order valence-electron chi connectivity index (χ3n) is 4.50. The second kappa shape index (κ2) is 7.06. The number of hydrogen-bond donors (Lipinski definition) is 0. The van der Waals surface area contributed by atoms with Crippen LogP contribution in [0.5, 0.6) is 0 Å². The Balaban J connectivity index is 1.73. The quantitative estimate of drug-likeness (QED) is 0.636. The molecule has 1 unspecified atom stereocenters. The highest BCUT2D eigenvalue weighted by atomic mass is 35.5. The summed E-state index contributed by atoms with van der Waals surface area (Å²) in [6.45, 7) is 2.03. The zero-order valence-corrected chi connectivity index (χ0v) is 14.6. The Morgan fingerprint density at radius 3 is 2.38 bits per heavy atom. The van der Waals surface area contributed by atoms with Crippen molar-refractivity contribution in [3.05, 3.63) is 82.9 Å². The SMILES string of the molecule is CC(c1ccc(Cl)cc1)N(C)C(=O)Cc1ccc2ccccc2c1. The normalized spacial score (nSPS) is 12.1. The Kier molecular flexibility index (Phi) is 4.86. The third kappa shape index (κ3) is 3.60. The number of carbonyl (C=O) groups is 1. The van der Waals surface area contributed by atoms with Crippen molar-refractivity contribution in [3.8, 4) is 0 Å². The summed E-state index contributed by atoms with van der Waals surface area (Å²) in [5.41, 5.74) is 2.11. The molecule has 0 aromatic heterocycles. The topological polar surface area (TPSA) is 20.3 Å². The lowest BCUT2D eigenvalue weighted by molar-refractivity contribution is -0.131. The number of benzene rings is 3. The fourth-order valence-electron chi connectivity index (χ4n) is 2.83. The molecule has 0 saturated heterocycles. The highest BCUT2D eigenvalue weighted by Gasteiger charge is 2.17. The van der Waals surface area contributed by atoms with Gasteiger partial charge >= 0.3 is 0 Å². The Labute approximate surface area is 147 Å². The maximum Gasteiger partial charge on any atom is 0.227 e. The second-order valence-corrected chi connectivity index (χ2v) is 6.53. The van der Waals surface area contributed by atoms with Crippen LogP contribution < -0.4 is 0 Å². The van der Waals surface area contributed by atoms with Crippen LogP contribution in [0.25, 0.3) is 10.8 Å². The first-order chi connectivity index (χ1) is 11.5. The molecule has 3 rings (SSSR count). The van der Waals surface area contributed by atoms with E-state index in [1.165, 1.54) is 5.39 Å². The summed E-state index contributed by atoms with van der Waals surface area (Å²) in [7, 11) is 1.85. The average Bonchev–Trinajstić information content (AvgIpc) is 2.61. The Hall–Kier alpha value is -2.32. The highest BCUT2D eigenvalue weighted by molar-refractivity contribution is 6.30. The Morgan fingerprint density at radius 1 is 1.00 bits per heavy atom. The summed E-state index contributed by atoms with van der Waals surface area (Å²) in [4.78, 5) is 14.4. The van der Waals surface area contributed by atoms with Crippen LogP contribution in [0.15, 0.2) is 66.7 Å². The van der Waals surface area contributed by atoms with Gasteiger partial charge in [-0.15, -0.1) is 0 Å². The average molecular weight is 338 g/mol. The first-order valence-electron chi connectivity index (χ1n) is 8.03. The lowest BCUT2D eigenvalue weighted by Gasteiger charge is -2.25. The van der Waals surface area contributed by atoms with Crippen LogP contribution >= 0.6 is 11.6 Å². The molecule has 1 atom stereocenters. The lowest BCUT2D eigenvalue weighted by Crippen LogP contribution is -2.30. The molecule has 0 spiro atoms. The number of amides is 1. The smallest absolute Gasteiger partial charge is 0.227 e. The van der Waals surface area contributed by atoms with Crippen molar-refractivity contribution in [3.63, 3.8) is 0 Å². The molecule has 0 aliphatic carbocycles. The predicted octanol–water partition coefficient (Wildman–Crippen LogP) is 5.26. The summed E-state index contributed by atoms with van der Waals surface area (Å²) >= 11 is 5.93. The van der Waals surface area contributed by atoms with E-state index in [0.717, 1.165) is 16.5 Å². The predicted molar refractivity (Wildman–Crippen MR) is 100 cm³/mol. The molecule has 2 nitrogen and oxygen atoms in total. The molecule has 0 aliphatic rings. The molecule has 0 saturated carbocycles. The molecule has 0 bridgehead atoms. The number of hydrogen-bond acceptors (Lipinski definition) is 1. The van der Waals surface area contributed by atoms with E-state index in [1.54, 1.807) is 4.90 Å². The van der Waals surface area contributed by atoms with E-state index in [9.17, 15) is 4.79 Å². The fraction of sp³-hybridized carbons (Fsp3) is 0.190. The summed E-state index contributed by atoms with van der Waals surface area (Å²) in [5, 5.41) is 3.06. The summed E-state index contributed by atoms with van der Waals surface area (Å²) in [6.07, 6.45) is 0.402. The minimum Gasteiger partial charge on any atom is -0.339 e. The molecule has 3 heteroatoms. The number of carbonyl (C=O) groups excluding carboxylic acids is 1. The number of halogens is 1. The zero-order chi connectivity index (χ0) is 17.1. The van der Waals surface area contributed by atoms with Gasteiger partial charge in [0.2, 0.25) is 5.91 Å². The summed E-state index contributed by atoms with van der Waals surface area (Å²) in [6, 6.07) is 22.0. The van der Waals surface area contributed by atoms with E-state index in [-0.39, 0.29) is 11.9 Å². The fourth-order valence-corrected chi connectivity index (χ4v) is 2.95. The molecule has 0 radical (unpaired) electrons. The number of likely N-dealkylation sites (N-methyl/N-ethyl adjacent to an activating group) is 1. The van der Waals surface area contributed by atoms with Crippen LogP contribution in [-0.4, -0.2) is 17.9 Å². The van der Waals surface area contributed by atoms with Crippen LogP contribution in [0.3, 0.4) is 0 Å². The highest BCUT2D eigenvalue weighted by Crippen LogP contribution is 2.22. The van der Waals surface area contributed by atoms with Crippen LogP contribution in [0.2, 0.25) is 5.02 Å². The first-order valence-corrected chi connectivity index (χ1v) is 8.41. The summed E-state index contributed by atoms with van der Waals surface area (Å²) in [5.74, 6) is 0.104. The zero-order valence-electron chi connectivity index (χ0n) is 13.9. The molecule has 0 heterocycles. The molecule has 122 valence electrons. The van der Waals surface area contributed by atoms with Gasteiger partial charge in [-0.2, -0.15) is 0 Å². The molecular formula is C21H20ClNO. The maximum absolute atomic E-state index is 12.6. The van der Waals surface area contributed by atoms with E-state index < -0.39 is 0 Å². The maximum atomic E-state index is 12.6. The number of fused-ring (bicyclic) bond motifs is 1. The molecule has 3 aromatic carbocycles. The minimum absolute atomic E-state index is 0.00947. The van der Waals surface area contributed by atoms with Gasteiger partial charge < -0.3 is 4.90 Å². The van der Waals surface area contributed by atoms with E-state index in [2.05, 4.69) is 24.3 Å². The van der Waals surface area contributed by atoms with Crippen LogP contribution in [-0.2, 0) is 11.2 Å². The first kappa shape index (κ1) is 16.5. The van der Waals surface area contributed by atoms with Crippen molar-refractivity contribution >= 4 is 28.3 Å². The number of nitrogens with zero attached hydrogens (tertiary/aromatic N) is 1. The van der Waals surface area contributed by atoms with Crippen molar-refractivity contribution in [2.45, 2.75) is 19.4 Å². The standard InChI is InChI=1S/C21H20ClNO/c1-15(17-9-11-20(22)12-10-17)23(2)21(24)14-16-7-8-18-5-3-4-6-19(18)13-16/h3-13,15H,14H2,1-2H3. The Morgan fingerprint density at radius 2 is 1.67 bits per heavy atom. The molecule has 1 amide bonds. The second-order valence-electron chi connectivity index (χ2n) is 6.09. The van der Waals surface area contributed by atoms with Gasteiger partial charge in [0.25, 0.3) is 0 Å². The van der Waals surface area contributed by atoms with Gasteiger partial charge in [0.1, 0.15) is 0 Å².